The largest absolute Gasteiger partial charge is 0.468 e. The van der Waals surface area contributed by atoms with Crippen molar-refractivity contribution >= 4 is 25.2 Å². The van der Waals surface area contributed by atoms with Crippen LogP contribution in [0, 0.1) is 0 Å². The van der Waals surface area contributed by atoms with Crippen LogP contribution in [0.4, 0.5) is 5.69 Å². The summed E-state index contributed by atoms with van der Waals surface area (Å²) < 4.78 is 26.2. The van der Waals surface area contributed by atoms with Crippen LogP contribution in [-0.4, -0.2) is 38.9 Å². The van der Waals surface area contributed by atoms with Gasteiger partial charge in [-0.2, -0.15) is 0 Å². The van der Waals surface area contributed by atoms with Crippen LogP contribution < -0.4 is 5.32 Å². The lowest BCUT2D eigenvalue weighted by atomic mass is 10.3. The van der Waals surface area contributed by atoms with Crippen LogP contribution in [0.25, 0.3) is 0 Å². The number of nitrogens with one attached hydrogen (secondary N) is 1. The van der Waals surface area contributed by atoms with Gasteiger partial charge in [0.15, 0.2) is 0 Å². The first-order valence-electron chi connectivity index (χ1n) is 5.63. The van der Waals surface area contributed by atoms with Gasteiger partial charge in [-0.1, -0.05) is 18.2 Å². The summed E-state index contributed by atoms with van der Waals surface area (Å²) in [5.74, 6) is -1.82. The van der Waals surface area contributed by atoms with E-state index in [1.807, 2.05) is 0 Å². The molecule has 110 valence electrons. The lowest BCUT2D eigenvalue weighted by Gasteiger charge is -2.21. The van der Waals surface area contributed by atoms with Crippen LogP contribution in [0.15, 0.2) is 30.3 Å². The minimum Gasteiger partial charge on any atom is -0.468 e. The molecule has 0 aliphatic heterocycles. The number of carbonyl (C=O) groups is 2. The molecule has 1 amide bonds. The third-order valence-corrected chi connectivity index (χ3v) is 4.64. The number of hydrogen-bond acceptors (Lipinski definition) is 6. The van der Waals surface area contributed by atoms with E-state index in [0.717, 1.165) is 21.3 Å². The normalized spacial score (nSPS) is 12.6. The molecular formula is C12H16NO6P. The summed E-state index contributed by atoms with van der Waals surface area (Å²) in [6.45, 7) is 0. The van der Waals surface area contributed by atoms with Crippen molar-refractivity contribution in [2.24, 2.45) is 0 Å². The van der Waals surface area contributed by atoms with E-state index >= 15 is 0 Å². The number of para-hydroxylation sites is 1. The second-order valence-corrected chi connectivity index (χ2v) is 6.01. The Morgan fingerprint density at radius 3 is 2.10 bits per heavy atom. The molecule has 8 heteroatoms. The van der Waals surface area contributed by atoms with Crippen molar-refractivity contribution < 1.29 is 27.9 Å². The average molecular weight is 301 g/mol. The number of hydrogen-bond donors (Lipinski definition) is 1. The van der Waals surface area contributed by atoms with Crippen LogP contribution in [0.2, 0.25) is 0 Å². The van der Waals surface area contributed by atoms with E-state index in [4.69, 9.17) is 9.05 Å². The number of amides is 1. The summed E-state index contributed by atoms with van der Waals surface area (Å²) in [6, 6.07) is 8.42. The lowest BCUT2D eigenvalue weighted by molar-refractivity contribution is -0.142. The molecule has 0 aliphatic carbocycles. The first kappa shape index (κ1) is 16.4. The number of esters is 1. The zero-order valence-electron chi connectivity index (χ0n) is 11.4. The maximum absolute atomic E-state index is 12.3. The van der Waals surface area contributed by atoms with Gasteiger partial charge in [0.05, 0.1) is 7.11 Å². The van der Waals surface area contributed by atoms with Crippen molar-refractivity contribution in [1.29, 1.82) is 0 Å². The maximum Gasteiger partial charge on any atom is 0.353 e. The van der Waals surface area contributed by atoms with Gasteiger partial charge in [0.2, 0.25) is 5.66 Å². The Bertz CT molecular complexity index is 510. The minimum atomic E-state index is -3.94. The Morgan fingerprint density at radius 1 is 1.10 bits per heavy atom. The van der Waals surface area contributed by atoms with Gasteiger partial charge in [0.25, 0.3) is 5.91 Å². The number of rotatable bonds is 6. The van der Waals surface area contributed by atoms with Crippen molar-refractivity contribution in [3.8, 4) is 0 Å². The van der Waals surface area contributed by atoms with Crippen molar-refractivity contribution in [3.05, 3.63) is 30.3 Å². The number of benzene rings is 1. The summed E-state index contributed by atoms with van der Waals surface area (Å²) in [4.78, 5) is 23.8. The monoisotopic (exact) mass is 301 g/mol. The predicted octanol–water partition coefficient (Wildman–Crippen LogP) is 1.65. The van der Waals surface area contributed by atoms with Gasteiger partial charge in [0.1, 0.15) is 0 Å². The van der Waals surface area contributed by atoms with Crippen LogP contribution in [0.3, 0.4) is 0 Å². The van der Waals surface area contributed by atoms with Crippen LogP contribution >= 0.6 is 7.60 Å². The molecule has 20 heavy (non-hydrogen) atoms. The molecule has 0 aromatic heterocycles. The summed E-state index contributed by atoms with van der Waals surface area (Å²) in [7, 11) is -0.673. The number of methoxy groups -OCH3 is 1. The average Bonchev–Trinajstić information content (AvgIpc) is 2.47. The second kappa shape index (κ2) is 7.19. The molecule has 0 saturated carbocycles. The Hall–Kier alpha value is -1.69. The zero-order valence-corrected chi connectivity index (χ0v) is 12.3. The molecule has 1 rings (SSSR count). The lowest BCUT2D eigenvalue weighted by Crippen LogP contribution is -2.36. The molecule has 1 aromatic carbocycles. The third-order valence-electron chi connectivity index (χ3n) is 2.54. The van der Waals surface area contributed by atoms with Gasteiger partial charge in [-0.3, -0.25) is 14.2 Å². The molecule has 1 aromatic rings. The zero-order chi connectivity index (χ0) is 15.2. The van der Waals surface area contributed by atoms with E-state index in [1.165, 1.54) is 0 Å². The van der Waals surface area contributed by atoms with Crippen molar-refractivity contribution in [2.75, 3.05) is 26.6 Å². The van der Waals surface area contributed by atoms with E-state index < -0.39 is 25.1 Å². The molecular weight excluding hydrogens is 285 g/mol. The maximum atomic E-state index is 12.3. The SMILES string of the molecule is COC(=O)C(C(=O)Nc1ccccc1)P(=O)(OC)OC. The van der Waals surface area contributed by atoms with Crippen molar-refractivity contribution in [2.45, 2.75) is 5.66 Å². The summed E-state index contributed by atoms with van der Waals surface area (Å²) >= 11 is 0. The van der Waals surface area contributed by atoms with E-state index in [-0.39, 0.29) is 0 Å². The molecule has 0 bridgehead atoms. The van der Waals surface area contributed by atoms with Gasteiger partial charge in [-0.05, 0) is 12.1 Å². The van der Waals surface area contributed by atoms with Crippen molar-refractivity contribution in [3.63, 3.8) is 0 Å². The molecule has 0 radical (unpaired) electrons. The van der Waals surface area contributed by atoms with E-state index in [1.54, 1.807) is 30.3 Å². The Labute approximate surface area is 116 Å². The Morgan fingerprint density at radius 2 is 1.65 bits per heavy atom. The van der Waals surface area contributed by atoms with Gasteiger partial charge in [-0.15, -0.1) is 0 Å². The van der Waals surface area contributed by atoms with Gasteiger partial charge in [-0.25, -0.2) is 0 Å². The second-order valence-electron chi connectivity index (χ2n) is 3.69. The van der Waals surface area contributed by atoms with Crippen molar-refractivity contribution in [1.82, 2.24) is 0 Å². The van der Waals surface area contributed by atoms with Gasteiger partial charge >= 0.3 is 13.6 Å². The fourth-order valence-electron chi connectivity index (χ4n) is 1.51. The van der Waals surface area contributed by atoms with Crippen LogP contribution in [0.5, 0.6) is 0 Å². The highest BCUT2D eigenvalue weighted by atomic mass is 31.2. The first-order valence-corrected chi connectivity index (χ1v) is 7.24. The molecule has 0 heterocycles. The highest BCUT2D eigenvalue weighted by molar-refractivity contribution is 7.57. The molecule has 1 N–H and O–H groups in total. The molecule has 0 aliphatic rings. The summed E-state index contributed by atoms with van der Waals surface area (Å²) in [5, 5.41) is 2.46. The molecule has 1 atom stereocenters. The fourth-order valence-corrected chi connectivity index (χ4v) is 2.79. The van der Waals surface area contributed by atoms with Gasteiger partial charge in [0, 0.05) is 19.9 Å². The summed E-state index contributed by atoms with van der Waals surface area (Å²) in [6.07, 6.45) is 0. The first-order chi connectivity index (χ1) is 9.48. The minimum absolute atomic E-state index is 0.449. The Balaban J connectivity index is 3.03. The van der Waals surface area contributed by atoms with Crippen LogP contribution in [-0.2, 0) is 27.9 Å². The molecule has 0 spiro atoms. The number of ether oxygens (including phenoxy) is 1. The van der Waals surface area contributed by atoms with E-state index in [9.17, 15) is 14.2 Å². The highest BCUT2D eigenvalue weighted by Crippen LogP contribution is 2.52. The molecule has 0 fully saturated rings. The topological polar surface area (TPSA) is 90.9 Å². The highest BCUT2D eigenvalue weighted by Gasteiger charge is 2.46. The number of anilines is 1. The smallest absolute Gasteiger partial charge is 0.353 e. The van der Waals surface area contributed by atoms with Gasteiger partial charge < -0.3 is 19.1 Å². The summed E-state index contributed by atoms with van der Waals surface area (Å²) in [5.41, 5.74) is -1.24. The van der Waals surface area contributed by atoms with E-state index in [2.05, 4.69) is 10.1 Å². The molecule has 7 nitrogen and oxygen atoms in total. The Kier molecular flexibility index (Phi) is 5.88. The quantitative estimate of drug-likeness (QED) is 0.488. The fraction of sp³-hybridized carbons (Fsp3) is 0.333. The predicted molar refractivity (Wildman–Crippen MR) is 72.5 cm³/mol. The third kappa shape index (κ3) is 3.66. The van der Waals surface area contributed by atoms with Crippen LogP contribution in [0.1, 0.15) is 0 Å². The molecule has 1 unspecified atom stereocenters. The standard InChI is InChI=1S/C12H16NO6P/c1-17-12(15)10(20(16,18-2)19-3)11(14)13-9-7-5-4-6-8-9/h4-8,10H,1-3H3,(H,13,14). The molecule has 0 saturated heterocycles. The van der Waals surface area contributed by atoms with E-state index in [0.29, 0.717) is 5.69 Å². The number of carbonyl (C=O) groups excluding carboxylic acids is 2.